The molecule has 0 saturated heterocycles. The molecule has 2 aromatic heterocycles. The number of H-pyrrole nitrogens is 1. The second-order valence-corrected chi connectivity index (χ2v) is 5.15. The number of hydrogen-bond donors (Lipinski definition) is 4. The fourth-order valence-corrected chi connectivity index (χ4v) is 2.09. The summed E-state index contributed by atoms with van der Waals surface area (Å²) in [5.74, 6) is -3.75. The zero-order valence-electron chi connectivity index (χ0n) is 12.4. The monoisotopic (exact) mass is 345 g/mol. The van der Waals surface area contributed by atoms with E-state index >= 15 is 0 Å². The average Bonchev–Trinajstić information content (AvgIpc) is 2.81. The third-order valence-corrected chi connectivity index (χ3v) is 3.16. The summed E-state index contributed by atoms with van der Waals surface area (Å²) in [7, 11) is 0. The maximum atomic E-state index is 12.9. The number of amides is 1. The van der Waals surface area contributed by atoms with Crippen LogP contribution in [0.5, 0.6) is 0 Å². The van der Waals surface area contributed by atoms with Crippen LogP contribution in [0.2, 0.25) is 0 Å². The van der Waals surface area contributed by atoms with Gasteiger partial charge in [0.05, 0.1) is 5.39 Å². The maximum absolute atomic E-state index is 12.9. The Morgan fingerprint density at radius 1 is 1.42 bits per heavy atom. The second-order valence-electron chi connectivity index (χ2n) is 5.15. The molecule has 1 amide bonds. The van der Waals surface area contributed by atoms with Gasteiger partial charge in [-0.05, 0) is 19.4 Å². The van der Waals surface area contributed by atoms with Gasteiger partial charge in [0.15, 0.2) is 0 Å². The molecule has 0 aromatic carbocycles. The average molecular weight is 345 g/mol. The van der Waals surface area contributed by atoms with E-state index in [4.69, 9.17) is 10.8 Å². The molecule has 8 nitrogen and oxygen atoms in total. The molecule has 0 fully saturated rings. The molecule has 5 N–H and O–H groups in total. The van der Waals surface area contributed by atoms with Gasteiger partial charge in [-0.1, -0.05) is 0 Å². The second kappa shape index (κ2) is 6.34. The summed E-state index contributed by atoms with van der Waals surface area (Å²) in [6.07, 6.45) is -5.23. The van der Waals surface area contributed by atoms with Crippen LogP contribution in [0.15, 0.2) is 6.07 Å². The minimum Gasteiger partial charge on any atom is -0.480 e. The quantitative estimate of drug-likeness (QED) is 0.625. The molecule has 1 atom stereocenters. The van der Waals surface area contributed by atoms with Crippen molar-refractivity contribution in [2.75, 3.05) is 5.32 Å². The molecular formula is C13H14F3N5O3. The van der Waals surface area contributed by atoms with E-state index in [1.807, 2.05) is 0 Å². The van der Waals surface area contributed by atoms with Gasteiger partial charge in [-0.25, -0.2) is 14.8 Å². The fraction of sp³-hybridized carbons (Fsp3) is 0.385. The van der Waals surface area contributed by atoms with E-state index in [1.54, 1.807) is 6.92 Å². The van der Waals surface area contributed by atoms with Crippen LogP contribution in [0.25, 0.3) is 11.0 Å². The highest BCUT2D eigenvalue weighted by Crippen LogP contribution is 2.31. The smallest absolute Gasteiger partial charge is 0.451 e. The number of alkyl halides is 3. The lowest BCUT2D eigenvalue weighted by atomic mass is 10.1. The topological polar surface area (TPSA) is 134 Å². The number of fused-ring (bicyclic) bond motifs is 1. The number of anilines is 1. The Hall–Kier alpha value is -2.85. The SMILES string of the molecule is Cc1cc2c(NC(CCC(N)=O)C(=O)O)nc(C(F)(F)F)nc2[nH]1. The number of carboxylic acid groups (broad SMARTS) is 1. The molecule has 0 saturated carbocycles. The van der Waals surface area contributed by atoms with Crippen molar-refractivity contribution in [3.63, 3.8) is 0 Å². The number of aromatic nitrogens is 3. The first-order valence-electron chi connectivity index (χ1n) is 6.80. The predicted octanol–water partition coefficient (Wildman–Crippen LogP) is 1.42. The summed E-state index contributed by atoms with van der Waals surface area (Å²) in [5.41, 5.74) is 5.43. The van der Waals surface area contributed by atoms with Crippen LogP contribution in [0.1, 0.15) is 24.4 Å². The standard InChI is InChI=1S/C13H14F3N5O3/c1-5-4-6-9(18-5)20-12(13(14,15)16)21-10(6)19-7(11(23)24)2-3-8(17)22/h4,7H,2-3H2,1H3,(H2,17,22)(H,23,24)(H2,18,19,20,21). The number of aromatic amines is 1. The lowest BCUT2D eigenvalue weighted by Gasteiger charge is -2.16. The van der Waals surface area contributed by atoms with Crippen LogP contribution in [0, 0.1) is 6.92 Å². The van der Waals surface area contributed by atoms with Crippen LogP contribution in [0.4, 0.5) is 19.0 Å². The molecule has 2 rings (SSSR count). The lowest BCUT2D eigenvalue weighted by molar-refractivity contribution is -0.144. The van der Waals surface area contributed by atoms with E-state index in [0.717, 1.165) is 0 Å². The Kier molecular flexibility index (Phi) is 4.62. The fourth-order valence-electron chi connectivity index (χ4n) is 2.09. The van der Waals surface area contributed by atoms with Crippen LogP contribution in [0.3, 0.4) is 0 Å². The molecule has 0 radical (unpaired) electrons. The van der Waals surface area contributed by atoms with Crippen LogP contribution in [-0.2, 0) is 15.8 Å². The number of hydrogen-bond acceptors (Lipinski definition) is 5. The highest BCUT2D eigenvalue weighted by atomic mass is 19.4. The van der Waals surface area contributed by atoms with Gasteiger partial charge in [0, 0.05) is 12.1 Å². The minimum absolute atomic E-state index is 0.0728. The maximum Gasteiger partial charge on any atom is 0.451 e. The van der Waals surface area contributed by atoms with Gasteiger partial charge in [-0.2, -0.15) is 13.2 Å². The van der Waals surface area contributed by atoms with E-state index in [-0.39, 0.29) is 29.7 Å². The van der Waals surface area contributed by atoms with Crippen molar-refractivity contribution >= 4 is 28.7 Å². The molecule has 130 valence electrons. The van der Waals surface area contributed by atoms with E-state index < -0.39 is 29.9 Å². The first kappa shape index (κ1) is 17.5. The lowest BCUT2D eigenvalue weighted by Crippen LogP contribution is -2.31. The summed E-state index contributed by atoms with van der Waals surface area (Å²) >= 11 is 0. The number of rotatable bonds is 6. The van der Waals surface area contributed by atoms with Gasteiger partial charge in [0.1, 0.15) is 17.5 Å². The van der Waals surface area contributed by atoms with Crippen molar-refractivity contribution in [1.29, 1.82) is 0 Å². The molecule has 0 aliphatic rings. The Morgan fingerprint density at radius 3 is 2.62 bits per heavy atom. The number of halogens is 3. The van der Waals surface area contributed by atoms with Gasteiger partial charge in [0.2, 0.25) is 11.7 Å². The third-order valence-electron chi connectivity index (χ3n) is 3.16. The highest BCUT2D eigenvalue weighted by Gasteiger charge is 2.36. The number of nitrogens with two attached hydrogens (primary N) is 1. The van der Waals surface area contributed by atoms with E-state index in [1.165, 1.54) is 6.07 Å². The van der Waals surface area contributed by atoms with E-state index in [0.29, 0.717) is 5.69 Å². The van der Waals surface area contributed by atoms with Gasteiger partial charge in [0.25, 0.3) is 0 Å². The van der Waals surface area contributed by atoms with Crippen LogP contribution < -0.4 is 11.1 Å². The van der Waals surface area contributed by atoms with E-state index in [9.17, 15) is 22.8 Å². The van der Waals surface area contributed by atoms with Crippen LogP contribution in [-0.4, -0.2) is 38.0 Å². The van der Waals surface area contributed by atoms with E-state index in [2.05, 4.69) is 20.3 Å². The molecule has 2 heterocycles. The predicted molar refractivity (Wildman–Crippen MR) is 77.1 cm³/mol. The minimum atomic E-state index is -4.80. The molecule has 0 spiro atoms. The molecular weight excluding hydrogens is 331 g/mol. The summed E-state index contributed by atoms with van der Waals surface area (Å²) in [4.78, 5) is 31.5. The number of primary amides is 1. The van der Waals surface area contributed by atoms with Gasteiger partial charge in [-0.15, -0.1) is 0 Å². The summed E-state index contributed by atoms with van der Waals surface area (Å²) < 4.78 is 38.7. The number of aliphatic carboxylic acids is 1. The molecule has 1 unspecified atom stereocenters. The largest absolute Gasteiger partial charge is 0.480 e. The number of nitrogens with zero attached hydrogens (tertiary/aromatic N) is 2. The summed E-state index contributed by atoms with van der Waals surface area (Å²) in [5, 5.41) is 11.8. The normalized spacial score (nSPS) is 13.0. The Bertz CT molecular complexity index is 787. The van der Waals surface area contributed by atoms with Crippen LogP contribution >= 0.6 is 0 Å². The summed E-state index contributed by atoms with van der Waals surface area (Å²) in [6.45, 7) is 1.61. The van der Waals surface area contributed by atoms with Gasteiger partial charge < -0.3 is 21.1 Å². The Labute approximate surface area is 133 Å². The zero-order valence-corrected chi connectivity index (χ0v) is 12.4. The number of carboxylic acids is 1. The Morgan fingerprint density at radius 2 is 2.08 bits per heavy atom. The van der Waals surface area contributed by atoms with Crippen molar-refractivity contribution in [2.45, 2.75) is 32.0 Å². The van der Waals surface area contributed by atoms with Crippen molar-refractivity contribution in [3.8, 4) is 0 Å². The zero-order chi connectivity index (χ0) is 18.1. The number of aryl methyl sites for hydroxylation is 1. The number of nitrogens with one attached hydrogen (secondary N) is 2. The number of carbonyl (C=O) groups excluding carboxylic acids is 1. The van der Waals surface area contributed by atoms with Gasteiger partial charge in [-0.3, -0.25) is 4.79 Å². The molecule has 24 heavy (non-hydrogen) atoms. The molecule has 11 heteroatoms. The Balaban J connectivity index is 2.44. The molecule has 2 aromatic rings. The third kappa shape index (κ3) is 3.91. The molecule has 0 aliphatic heterocycles. The number of carbonyl (C=O) groups is 2. The van der Waals surface area contributed by atoms with Gasteiger partial charge >= 0.3 is 12.1 Å². The highest BCUT2D eigenvalue weighted by molar-refractivity contribution is 5.90. The van der Waals surface area contributed by atoms with Crippen molar-refractivity contribution < 1.29 is 27.9 Å². The van der Waals surface area contributed by atoms with Crippen molar-refractivity contribution in [3.05, 3.63) is 17.6 Å². The first-order chi connectivity index (χ1) is 11.1. The molecule has 0 bridgehead atoms. The first-order valence-corrected chi connectivity index (χ1v) is 6.80. The summed E-state index contributed by atoms with van der Waals surface area (Å²) in [6, 6.07) is 0.164. The molecule has 0 aliphatic carbocycles. The van der Waals surface area contributed by atoms with Crippen molar-refractivity contribution in [2.24, 2.45) is 5.73 Å². The van der Waals surface area contributed by atoms with Crippen molar-refractivity contribution in [1.82, 2.24) is 15.0 Å².